The van der Waals surface area contributed by atoms with Gasteiger partial charge in [-0.15, -0.1) is 0 Å². The summed E-state index contributed by atoms with van der Waals surface area (Å²) in [5.74, 6) is -6.13. The number of rotatable bonds is 15. The van der Waals surface area contributed by atoms with Crippen LogP contribution < -0.4 is 32.7 Å². The van der Waals surface area contributed by atoms with Gasteiger partial charge in [0.25, 0.3) is 0 Å². The first-order valence-corrected chi connectivity index (χ1v) is 10.6. The van der Waals surface area contributed by atoms with Gasteiger partial charge in [-0.3, -0.25) is 24.0 Å². The first-order chi connectivity index (χ1) is 15.5. The second-order valence-electron chi connectivity index (χ2n) is 7.72. The van der Waals surface area contributed by atoms with Crippen molar-refractivity contribution < 1.29 is 39.0 Å². The quantitative estimate of drug-likeness (QED) is 0.111. The normalized spacial score (nSPS) is 17.9. The Morgan fingerprint density at radius 1 is 0.909 bits per heavy atom. The van der Waals surface area contributed by atoms with Crippen LogP contribution in [0.3, 0.4) is 0 Å². The number of carboxylic acid groups (broad SMARTS) is 2. The highest BCUT2D eigenvalue weighted by atomic mass is 16.4. The van der Waals surface area contributed by atoms with E-state index in [9.17, 15) is 33.9 Å². The van der Waals surface area contributed by atoms with Gasteiger partial charge < -0.3 is 42.9 Å². The van der Waals surface area contributed by atoms with Crippen LogP contribution in [-0.4, -0.2) is 83.0 Å². The highest BCUT2D eigenvalue weighted by molar-refractivity contribution is 5.96. The Hall–Kier alpha value is -3.26. The van der Waals surface area contributed by atoms with Gasteiger partial charge in [-0.2, -0.15) is 0 Å². The summed E-state index contributed by atoms with van der Waals surface area (Å²) in [5.41, 5.74) is 10.5. The number of carbonyl (C=O) groups is 6. The smallest absolute Gasteiger partial charge is 0.326 e. The van der Waals surface area contributed by atoms with Gasteiger partial charge >= 0.3 is 11.9 Å². The van der Waals surface area contributed by atoms with E-state index in [-0.39, 0.29) is 6.42 Å². The summed E-state index contributed by atoms with van der Waals surface area (Å²) in [6, 6.07) is -4.87. The van der Waals surface area contributed by atoms with Crippen LogP contribution in [0.5, 0.6) is 0 Å². The molecular formula is C19H32N6O8. The third-order valence-electron chi connectivity index (χ3n) is 4.99. The van der Waals surface area contributed by atoms with Crippen LogP contribution in [0.2, 0.25) is 0 Å². The zero-order valence-corrected chi connectivity index (χ0v) is 18.2. The molecule has 14 nitrogen and oxygen atoms in total. The van der Waals surface area contributed by atoms with E-state index < -0.39 is 72.6 Å². The van der Waals surface area contributed by atoms with Crippen molar-refractivity contribution in [3.8, 4) is 0 Å². The van der Waals surface area contributed by atoms with Gasteiger partial charge in [-0.25, -0.2) is 4.79 Å². The molecule has 33 heavy (non-hydrogen) atoms. The van der Waals surface area contributed by atoms with Crippen molar-refractivity contribution in [3.05, 3.63) is 0 Å². The van der Waals surface area contributed by atoms with E-state index >= 15 is 0 Å². The summed E-state index contributed by atoms with van der Waals surface area (Å²) >= 11 is 0. The van der Waals surface area contributed by atoms with Crippen LogP contribution in [-0.2, 0) is 28.8 Å². The van der Waals surface area contributed by atoms with Crippen LogP contribution in [0.15, 0.2) is 0 Å². The van der Waals surface area contributed by atoms with E-state index in [1.807, 2.05) is 0 Å². The number of aliphatic carboxylic acids is 2. The molecule has 10 N–H and O–H groups in total. The van der Waals surface area contributed by atoms with Gasteiger partial charge in [0.1, 0.15) is 18.1 Å². The Morgan fingerprint density at radius 2 is 1.55 bits per heavy atom. The second-order valence-corrected chi connectivity index (χ2v) is 7.72. The number of hydrogen-bond acceptors (Lipinski definition) is 8. The van der Waals surface area contributed by atoms with Crippen LogP contribution in [0.25, 0.3) is 0 Å². The van der Waals surface area contributed by atoms with Crippen LogP contribution >= 0.6 is 0 Å². The summed E-state index contributed by atoms with van der Waals surface area (Å²) in [6.45, 7) is 0.932. The number of nitrogens with two attached hydrogens (primary N) is 2. The topological polar surface area (TPSA) is 243 Å². The van der Waals surface area contributed by atoms with E-state index in [0.717, 1.165) is 6.42 Å². The Morgan fingerprint density at radius 3 is 2.06 bits per heavy atom. The van der Waals surface area contributed by atoms with Crippen molar-refractivity contribution in [1.29, 1.82) is 0 Å². The standard InChI is InChI=1S/C19H32N6O8/c20-6-2-1-4-11(17(30)25-13(19(32)33)8-14(21)26)23-18(31)12(9-15(27)28)24-16(29)10-5-3-7-22-10/h10-13,22H,1-9,20H2,(H2,21,26)(H,23,31)(H,24,29)(H,25,30)(H,27,28)(H,32,33). The Labute approximate surface area is 190 Å². The number of carbonyl (C=O) groups excluding carboxylic acids is 4. The maximum Gasteiger partial charge on any atom is 0.326 e. The zero-order valence-electron chi connectivity index (χ0n) is 18.2. The molecule has 4 amide bonds. The molecule has 1 aliphatic heterocycles. The van der Waals surface area contributed by atoms with Gasteiger partial charge in [-0.05, 0) is 45.2 Å². The SMILES string of the molecule is NCCCCC(NC(=O)C(CC(=O)O)NC(=O)C1CCCN1)C(=O)NC(CC(N)=O)C(=O)O. The summed E-state index contributed by atoms with van der Waals surface area (Å²) in [7, 11) is 0. The summed E-state index contributed by atoms with van der Waals surface area (Å²) in [6.07, 6.45) is 0.879. The fourth-order valence-corrected chi connectivity index (χ4v) is 3.27. The average Bonchev–Trinajstić information content (AvgIpc) is 3.26. The molecule has 0 spiro atoms. The van der Waals surface area contributed by atoms with E-state index in [2.05, 4.69) is 21.3 Å². The molecule has 0 radical (unpaired) electrons. The number of nitrogens with one attached hydrogen (secondary N) is 4. The van der Waals surface area contributed by atoms with Crippen molar-refractivity contribution in [2.75, 3.05) is 13.1 Å². The molecule has 1 heterocycles. The van der Waals surface area contributed by atoms with Crippen LogP contribution in [0.4, 0.5) is 0 Å². The molecule has 0 bridgehead atoms. The second kappa shape index (κ2) is 14.0. The molecule has 4 atom stereocenters. The molecular weight excluding hydrogens is 440 g/mol. The fourth-order valence-electron chi connectivity index (χ4n) is 3.27. The lowest BCUT2D eigenvalue weighted by Crippen LogP contribution is -2.57. The summed E-state index contributed by atoms with van der Waals surface area (Å²) in [5, 5.41) is 28.2. The van der Waals surface area contributed by atoms with E-state index in [1.54, 1.807) is 0 Å². The summed E-state index contributed by atoms with van der Waals surface area (Å²) in [4.78, 5) is 71.4. The van der Waals surface area contributed by atoms with Crippen LogP contribution in [0.1, 0.15) is 44.9 Å². The predicted octanol–water partition coefficient (Wildman–Crippen LogP) is -3.24. The van der Waals surface area contributed by atoms with Crippen molar-refractivity contribution in [2.24, 2.45) is 11.5 Å². The third kappa shape index (κ3) is 10.3. The van der Waals surface area contributed by atoms with Crippen molar-refractivity contribution >= 4 is 35.6 Å². The van der Waals surface area contributed by atoms with Gasteiger partial charge in [0.2, 0.25) is 23.6 Å². The third-order valence-corrected chi connectivity index (χ3v) is 4.99. The van der Waals surface area contributed by atoms with Gasteiger partial charge in [0.15, 0.2) is 0 Å². The number of carboxylic acids is 2. The first kappa shape index (κ1) is 27.8. The Kier molecular flexibility index (Phi) is 11.8. The lowest BCUT2D eigenvalue weighted by Gasteiger charge is -2.24. The Balaban J connectivity index is 2.93. The minimum Gasteiger partial charge on any atom is -0.481 e. The highest BCUT2D eigenvalue weighted by Crippen LogP contribution is 2.07. The maximum atomic E-state index is 12.8. The molecule has 14 heteroatoms. The Bertz CT molecular complexity index is 740. The van der Waals surface area contributed by atoms with E-state index in [4.69, 9.17) is 16.6 Å². The molecule has 0 aromatic rings. The molecule has 1 aliphatic rings. The van der Waals surface area contributed by atoms with E-state index in [1.165, 1.54) is 0 Å². The van der Waals surface area contributed by atoms with Crippen LogP contribution in [0, 0.1) is 0 Å². The molecule has 1 saturated heterocycles. The molecule has 0 aliphatic carbocycles. The molecule has 0 saturated carbocycles. The average molecular weight is 472 g/mol. The molecule has 1 rings (SSSR count). The highest BCUT2D eigenvalue weighted by Gasteiger charge is 2.32. The summed E-state index contributed by atoms with van der Waals surface area (Å²) < 4.78 is 0. The molecule has 0 aromatic heterocycles. The number of unbranched alkanes of at least 4 members (excludes halogenated alkanes) is 1. The van der Waals surface area contributed by atoms with Gasteiger partial charge in [-0.1, -0.05) is 0 Å². The molecule has 186 valence electrons. The van der Waals surface area contributed by atoms with Crippen molar-refractivity contribution in [1.82, 2.24) is 21.3 Å². The van der Waals surface area contributed by atoms with Crippen molar-refractivity contribution in [2.45, 2.75) is 69.1 Å². The van der Waals surface area contributed by atoms with Crippen molar-refractivity contribution in [3.63, 3.8) is 0 Å². The first-order valence-electron chi connectivity index (χ1n) is 10.6. The maximum absolute atomic E-state index is 12.8. The molecule has 1 fully saturated rings. The minimum absolute atomic E-state index is 0.0651. The molecule has 4 unspecified atom stereocenters. The predicted molar refractivity (Wildman–Crippen MR) is 113 cm³/mol. The molecule has 0 aromatic carbocycles. The van der Waals surface area contributed by atoms with Gasteiger partial charge in [0.05, 0.1) is 18.9 Å². The number of hydrogen-bond donors (Lipinski definition) is 8. The minimum atomic E-state index is -1.60. The van der Waals surface area contributed by atoms with E-state index in [0.29, 0.717) is 32.4 Å². The zero-order chi connectivity index (χ0) is 25.0. The lowest BCUT2D eigenvalue weighted by atomic mass is 10.1. The number of primary amides is 1. The lowest BCUT2D eigenvalue weighted by molar-refractivity contribution is -0.144. The fraction of sp³-hybridized carbons (Fsp3) is 0.684. The monoisotopic (exact) mass is 472 g/mol. The number of amides is 4. The largest absolute Gasteiger partial charge is 0.481 e. The van der Waals surface area contributed by atoms with Gasteiger partial charge in [0, 0.05) is 0 Å².